The molecule has 1 aliphatic carbocycles. The van der Waals surface area contributed by atoms with E-state index in [1.165, 1.54) is 0 Å². The van der Waals surface area contributed by atoms with Crippen molar-refractivity contribution < 1.29 is 14.4 Å². The van der Waals surface area contributed by atoms with Crippen molar-refractivity contribution in [3.05, 3.63) is 52.9 Å². The first-order valence-electron chi connectivity index (χ1n) is 8.12. The predicted molar refractivity (Wildman–Crippen MR) is 86.1 cm³/mol. The fourth-order valence-corrected chi connectivity index (χ4v) is 3.24. The van der Waals surface area contributed by atoms with Crippen LogP contribution in [0.15, 0.2) is 34.9 Å². The lowest BCUT2D eigenvalue weighted by atomic mass is 9.95. The first kappa shape index (κ1) is 15.7. The van der Waals surface area contributed by atoms with Gasteiger partial charge >= 0.3 is 0 Å². The molecule has 0 saturated heterocycles. The zero-order valence-electron chi connectivity index (χ0n) is 13.4. The molecule has 122 valence electrons. The smallest absolute Gasteiger partial charge is 0.276 e. The van der Waals surface area contributed by atoms with Gasteiger partial charge in [-0.3, -0.25) is 4.79 Å². The van der Waals surface area contributed by atoms with E-state index in [2.05, 4.69) is 5.16 Å². The van der Waals surface area contributed by atoms with Crippen molar-refractivity contribution in [1.82, 2.24) is 10.1 Å². The number of fused-ring (bicyclic) bond motifs is 1. The van der Waals surface area contributed by atoms with Gasteiger partial charge in [0.05, 0.1) is 6.04 Å². The van der Waals surface area contributed by atoms with Crippen LogP contribution in [0, 0.1) is 0 Å². The quantitative estimate of drug-likeness (QED) is 0.921. The van der Waals surface area contributed by atoms with Crippen LogP contribution < -0.4 is 0 Å². The van der Waals surface area contributed by atoms with Crippen molar-refractivity contribution in [3.63, 3.8) is 0 Å². The maximum absolute atomic E-state index is 12.9. The van der Waals surface area contributed by atoms with Crippen LogP contribution in [-0.2, 0) is 12.8 Å². The molecule has 1 atom stereocenters. The van der Waals surface area contributed by atoms with Crippen LogP contribution in [0.1, 0.15) is 52.7 Å². The van der Waals surface area contributed by atoms with Crippen molar-refractivity contribution >= 4 is 5.91 Å². The number of hydrogen-bond acceptors (Lipinski definition) is 4. The van der Waals surface area contributed by atoms with Crippen LogP contribution in [-0.4, -0.2) is 34.7 Å². The van der Waals surface area contributed by atoms with Crippen molar-refractivity contribution in [3.8, 4) is 0 Å². The third-order valence-corrected chi connectivity index (χ3v) is 4.53. The number of amides is 1. The first-order valence-corrected chi connectivity index (χ1v) is 8.12. The minimum Gasteiger partial charge on any atom is -0.396 e. The molecule has 0 aliphatic heterocycles. The van der Waals surface area contributed by atoms with E-state index in [-0.39, 0.29) is 18.6 Å². The number of aryl methyl sites for hydroxylation is 1. The summed E-state index contributed by atoms with van der Waals surface area (Å²) in [4.78, 5) is 14.6. The molecule has 5 heteroatoms. The summed E-state index contributed by atoms with van der Waals surface area (Å²) >= 11 is 0. The van der Waals surface area contributed by atoms with Crippen LogP contribution in [0.5, 0.6) is 0 Å². The fourth-order valence-electron chi connectivity index (χ4n) is 3.24. The van der Waals surface area contributed by atoms with Crippen LogP contribution in [0.4, 0.5) is 0 Å². The highest BCUT2D eigenvalue weighted by Crippen LogP contribution is 2.28. The van der Waals surface area contributed by atoms with Crippen molar-refractivity contribution in [2.24, 2.45) is 0 Å². The normalized spacial score (nSPS) is 15.0. The van der Waals surface area contributed by atoms with Gasteiger partial charge in [-0.25, -0.2) is 0 Å². The Morgan fingerprint density at radius 1 is 1.30 bits per heavy atom. The molecule has 3 rings (SSSR count). The molecule has 1 unspecified atom stereocenters. The molecule has 1 heterocycles. The molecule has 23 heavy (non-hydrogen) atoms. The summed E-state index contributed by atoms with van der Waals surface area (Å²) in [5.74, 6) is 0.714. The van der Waals surface area contributed by atoms with E-state index >= 15 is 0 Å². The SMILES string of the molecule is CN(C(=O)c1noc2c1CCCC2)C(CCO)c1ccccc1. The number of aliphatic hydroxyl groups is 1. The lowest BCUT2D eigenvalue weighted by Crippen LogP contribution is -2.32. The van der Waals surface area contributed by atoms with Gasteiger partial charge in [0.1, 0.15) is 5.76 Å². The number of benzene rings is 1. The van der Waals surface area contributed by atoms with Gasteiger partial charge in [-0.2, -0.15) is 0 Å². The van der Waals surface area contributed by atoms with E-state index < -0.39 is 0 Å². The number of carbonyl (C=O) groups excluding carboxylic acids is 1. The molecule has 0 bridgehead atoms. The second-order valence-electron chi connectivity index (χ2n) is 5.99. The highest BCUT2D eigenvalue weighted by atomic mass is 16.5. The number of aliphatic hydroxyl groups excluding tert-OH is 1. The largest absolute Gasteiger partial charge is 0.396 e. The Kier molecular flexibility index (Phi) is 4.76. The molecule has 1 aliphatic rings. The number of rotatable bonds is 5. The minimum atomic E-state index is -0.176. The maximum atomic E-state index is 12.9. The molecule has 0 spiro atoms. The van der Waals surface area contributed by atoms with E-state index in [9.17, 15) is 9.90 Å². The zero-order chi connectivity index (χ0) is 16.2. The van der Waals surface area contributed by atoms with Gasteiger partial charge in [0.25, 0.3) is 5.91 Å². The van der Waals surface area contributed by atoms with E-state index in [1.807, 2.05) is 30.3 Å². The number of nitrogens with zero attached hydrogens (tertiary/aromatic N) is 2. The van der Waals surface area contributed by atoms with E-state index in [0.717, 1.165) is 42.6 Å². The van der Waals surface area contributed by atoms with Crippen molar-refractivity contribution in [2.75, 3.05) is 13.7 Å². The minimum absolute atomic E-state index is 0.0219. The number of carbonyl (C=O) groups is 1. The summed E-state index contributed by atoms with van der Waals surface area (Å²) in [6.45, 7) is 0.0219. The van der Waals surface area contributed by atoms with Crippen molar-refractivity contribution in [2.45, 2.75) is 38.1 Å². The highest BCUT2D eigenvalue weighted by Gasteiger charge is 2.29. The number of aromatic nitrogens is 1. The standard InChI is InChI=1S/C18H22N2O3/c1-20(15(11-12-21)13-7-3-2-4-8-13)18(22)17-14-9-5-6-10-16(14)23-19-17/h2-4,7-8,15,21H,5-6,9-12H2,1H3. The third kappa shape index (κ3) is 3.15. The Bertz CT molecular complexity index is 666. The Morgan fingerprint density at radius 3 is 2.78 bits per heavy atom. The second-order valence-corrected chi connectivity index (χ2v) is 5.99. The topological polar surface area (TPSA) is 66.6 Å². The van der Waals surface area contributed by atoms with Gasteiger partial charge in [-0.15, -0.1) is 0 Å². The second kappa shape index (κ2) is 6.96. The van der Waals surface area contributed by atoms with Gasteiger partial charge in [-0.05, 0) is 31.2 Å². The van der Waals surface area contributed by atoms with E-state index in [4.69, 9.17) is 4.52 Å². The number of hydrogen-bond donors (Lipinski definition) is 1. The molecular weight excluding hydrogens is 292 g/mol. The van der Waals surface area contributed by atoms with Gasteiger partial charge in [0, 0.05) is 25.6 Å². The molecule has 0 saturated carbocycles. The summed E-state index contributed by atoms with van der Waals surface area (Å²) in [7, 11) is 1.76. The average molecular weight is 314 g/mol. The molecule has 5 nitrogen and oxygen atoms in total. The molecule has 2 aromatic rings. The highest BCUT2D eigenvalue weighted by molar-refractivity contribution is 5.94. The maximum Gasteiger partial charge on any atom is 0.276 e. The predicted octanol–water partition coefficient (Wildman–Crippen LogP) is 2.75. The Balaban J connectivity index is 1.86. The van der Waals surface area contributed by atoms with Gasteiger partial charge in [-0.1, -0.05) is 35.5 Å². The summed E-state index contributed by atoms with van der Waals surface area (Å²) < 4.78 is 5.36. The average Bonchev–Trinajstić information content (AvgIpc) is 3.03. The summed E-state index contributed by atoms with van der Waals surface area (Å²) in [6.07, 6.45) is 4.36. The monoisotopic (exact) mass is 314 g/mol. The molecule has 1 aromatic carbocycles. The van der Waals surface area contributed by atoms with E-state index in [0.29, 0.717) is 12.1 Å². The van der Waals surface area contributed by atoms with Crippen LogP contribution in [0.3, 0.4) is 0 Å². The molecule has 0 fully saturated rings. The van der Waals surface area contributed by atoms with Gasteiger partial charge in [0.2, 0.25) is 0 Å². The molecule has 1 amide bonds. The molecule has 0 radical (unpaired) electrons. The summed E-state index contributed by atoms with van der Waals surface area (Å²) in [6, 6.07) is 9.59. The summed E-state index contributed by atoms with van der Waals surface area (Å²) in [5.41, 5.74) is 2.40. The molecule has 1 aromatic heterocycles. The third-order valence-electron chi connectivity index (χ3n) is 4.53. The molecule has 1 N–H and O–H groups in total. The van der Waals surface area contributed by atoms with E-state index in [1.54, 1.807) is 11.9 Å². The fraction of sp³-hybridized carbons (Fsp3) is 0.444. The first-order chi connectivity index (χ1) is 11.2. The van der Waals surface area contributed by atoms with Crippen LogP contribution in [0.2, 0.25) is 0 Å². The Hall–Kier alpha value is -2.14. The summed E-state index contributed by atoms with van der Waals surface area (Å²) in [5, 5.41) is 13.4. The van der Waals surface area contributed by atoms with Crippen LogP contribution in [0.25, 0.3) is 0 Å². The lowest BCUT2D eigenvalue weighted by Gasteiger charge is -2.28. The Labute approximate surface area is 135 Å². The Morgan fingerprint density at radius 2 is 2.04 bits per heavy atom. The zero-order valence-corrected chi connectivity index (χ0v) is 13.4. The van der Waals surface area contributed by atoms with Gasteiger partial charge < -0.3 is 14.5 Å². The van der Waals surface area contributed by atoms with Crippen LogP contribution >= 0.6 is 0 Å². The lowest BCUT2D eigenvalue weighted by molar-refractivity contribution is 0.0693. The van der Waals surface area contributed by atoms with Gasteiger partial charge in [0.15, 0.2) is 5.69 Å². The molecular formula is C18H22N2O3. The van der Waals surface area contributed by atoms with Crippen molar-refractivity contribution in [1.29, 1.82) is 0 Å².